The molecule has 0 saturated heterocycles. The van der Waals surface area contributed by atoms with Crippen LogP contribution in [0.2, 0.25) is 0 Å². The average molecular weight is 280 g/mol. The Labute approximate surface area is 118 Å². The standard InChI is InChI=1S/C14H20N2O4/c1-4-20-13-11(7-5-9-15-13)14(18)16(2)10-6-8-12(17)19-3/h5,7,9H,4,6,8,10H2,1-3H3. The first kappa shape index (κ1) is 15.9. The normalized spacial score (nSPS) is 9.95. The Morgan fingerprint density at radius 2 is 2.15 bits per heavy atom. The number of methoxy groups -OCH3 is 1. The summed E-state index contributed by atoms with van der Waals surface area (Å²) < 4.78 is 9.89. The van der Waals surface area contributed by atoms with Crippen LogP contribution in [0.15, 0.2) is 18.3 Å². The van der Waals surface area contributed by atoms with E-state index in [1.807, 2.05) is 6.92 Å². The highest BCUT2D eigenvalue weighted by atomic mass is 16.5. The van der Waals surface area contributed by atoms with Crippen LogP contribution < -0.4 is 4.74 Å². The summed E-state index contributed by atoms with van der Waals surface area (Å²) in [6, 6.07) is 3.37. The molecule has 0 unspecified atom stereocenters. The summed E-state index contributed by atoms with van der Waals surface area (Å²) in [5.41, 5.74) is 0.426. The number of hydrogen-bond donors (Lipinski definition) is 0. The first-order valence-corrected chi connectivity index (χ1v) is 6.50. The van der Waals surface area contributed by atoms with Crippen molar-refractivity contribution in [1.29, 1.82) is 0 Å². The molecule has 1 aromatic rings. The number of esters is 1. The van der Waals surface area contributed by atoms with E-state index < -0.39 is 0 Å². The Kier molecular flexibility index (Phi) is 6.49. The van der Waals surface area contributed by atoms with Gasteiger partial charge < -0.3 is 14.4 Å². The van der Waals surface area contributed by atoms with Crippen molar-refractivity contribution in [3.63, 3.8) is 0 Å². The number of amides is 1. The molecular weight excluding hydrogens is 260 g/mol. The number of carbonyl (C=O) groups is 2. The van der Waals surface area contributed by atoms with E-state index in [0.29, 0.717) is 37.4 Å². The third kappa shape index (κ3) is 4.53. The Morgan fingerprint density at radius 1 is 1.40 bits per heavy atom. The van der Waals surface area contributed by atoms with Crippen LogP contribution in [-0.4, -0.2) is 49.1 Å². The monoisotopic (exact) mass is 280 g/mol. The highest BCUT2D eigenvalue weighted by Gasteiger charge is 2.17. The number of carbonyl (C=O) groups excluding carboxylic acids is 2. The van der Waals surface area contributed by atoms with Crippen molar-refractivity contribution in [2.45, 2.75) is 19.8 Å². The predicted octanol–water partition coefficient (Wildman–Crippen LogP) is 1.51. The fourth-order valence-electron chi connectivity index (χ4n) is 1.68. The van der Waals surface area contributed by atoms with Crippen LogP contribution in [0.1, 0.15) is 30.1 Å². The van der Waals surface area contributed by atoms with Gasteiger partial charge in [-0.1, -0.05) is 0 Å². The quantitative estimate of drug-likeness (QED) is 0.708. The third-order valence-electron chi connectivity index (χ3n) is 2.73. The number of rotatable bonds is 7. The summed E-state index contributed by atoms with van der Waals surface area (Å²) >= 11 is 0. The molecule has 0 aliphatic rings. The lowest BCUT2D eigenvalue weighted by Crippen LogP contribution is -2.28. The maximum Gasteiger partial charge on any atom is 0.305 e. The largest absolute Gasteiger partial charge is 0.477 e. The van der Waals surface area contributed by atoms with Crippen LogP contribution in [0.5, 0.6) is 5.88 Å². The fourth-order valence-corrected chi connectivity index (χ4v) is 1.68. The Bertz CT molecular complexity index is 462. The molecule has 0 atom stereocenters. The van der Waals surface area contributed by atoms with Gasteiger partial charge in [-0.25, -0.2) is 4.98 Å². The molecule has 1 aromatic heterocycles. The fraction of sp³-hybridized carbons (Fsp3) is 0.500. The van der Waals surface area contributed by atoms with E-state index in [-0.39, 0.29) is 11.9 Å². The van der Waals surface area contributed by atoms with Crippen LogP contribution in [0, 0.1) is 0 Å². The molecule has 110 valence electrons. The smallest absolute Gasteiger partial charge is 0.305 e. The second-order valence-electron chi connectivity index (χ2n) is 4.20. The van der Waals surface area contributed by atoms with Gasteiger partial charge in [0.05, 0.1) is 13.7 Å². The summed E-state index contributed by atoms with van der Waals surface area (Å²) in [4.78, 5) is 28.9. The molecule has 1 rings (SSSR count). The van der Waals surface area contributed by atoms with E-state index in [1.165, 1.54) is 7.11 Å². The number of pyridine rings is 1. The van der Waals surface area contributed by atoms with Crippen molar-refractivity contribution < 1.29 is 19.1 Å². The van der Waals surface area contributed by atoms with E-state index in [1.54, 1.807) is 30.3 Å². The molecule has 0 aliphatic carbocycles. The lowest BCUT2D eigenvalue weighted by atomic mass is 10.2. The first-order valence-electron chi connectivity index (χ1n) is 6.50. The first-order chi connectivity index (χ1) is 9.60. The zero-order valence-electron chi connectivity index (χ0n) is 12.1. The van der Waals surface area contributed by atoms with Crippen molar-refractivity contribution >= 4 is 11.9 Å². The van der Waals surface area contributed by atoms with Crippen molar-refractivity contribution in [3.05, 3.63) is 23.9 Å². The highest BCUT2D eigenvalue weighted by molar-refractivity contribution is 5.96. The molecule has 6 nitrogen and oxygen atoms in total. The molecular formula is C14H20N2O4. The molecule has 0 fully saturated rings. The minimum Gasteiger partial charge on any atom is -0.477 e. The van der Waals surface area contributed by atoms with Gasteiger partial charge in [0.25, 0.3) is 5.91 Å². The maximum absolute atomic E-state index is 12.3. The Hall–Kier alpha value is -2.11. The number of aromatic nitrogens is 1. The third-order valence-corrected chi connectivity index (χ3v) is 2.73. The molecule has 0 radical (unpaired) electrons. The van der Waals surface area contributed by atoms with E-state index in [0.717, 1.165) is 0 Å². The van der Waals surface area contributed by atoms with Gasteiger partial charge in [0.1, 0.15) is 5.56 Å². The van der Waals surface area contributed by atoms with Gasteiger partial charge in [-0.2, -0.15) is 0 Å². The summed E-state index contributed by atoms with van der Waals surface area (Å²) in [6.45, 7) is 2.75. The Balaban J connectivity index is 2.62. The molecule has 20 heavy (non-hydrogen) atoms. The molecule has 0 saturated carbocycles. The van der Waals surface area contributed by atoms with Crippen LogP contribution in [0.4, 0.5) is 0 Å². The van der Waals surface area contributed by atoms with Gasteiger partial charge in [-0.3, -0.25) is 9.59 Å². The summed E-state index contributed by atoms with van der Waals surface area (Å²) in [6.07, 6.45) is 2.43. The summed E-state index contributed by atoms with van der Waals surface area (Å²) in [5.74, 6) is -0.117. The number of nitrogens with zero attached hydrogens (tertiary/aromatic N) is 2. The van der Waals surface area contributed by atoms with Gasteiger partial charge in [0, 0.05) is 26.2 Å². The Morgan fingerprint density at radius 3 is 2.80 bits per heavy atom. The second-order valence-corrected chi connectivity index (χ2v) is 4.20. The average Bonchev–Trinajstić information content (AvgIpc) is 2.47. The van der Waals surface area contributed by atoms with Gasteiger partial charge in [-0.05, 0) is 25.5 Å². The zero-order chi connectivity index (χ0) is 15.0. The van der Waals surface area contributed by atoms with Gasteiger partial charge in [-0.15, -0.1) is 0 Å². The highest BCUT2D eigenvalue weighted by Crippen LogP contribution is 2.16. The van der Waals surface area contributed by atoms with Gasteiger partial charge >= 0.3 is 5.97 Å². The van der Waals surface area contributed by atoms with E-state index >= 15 is 0 Å². The lowest BCUT2D eigenvalue weighted by molar-refractivity contribution is -0.140. The zero-order valence-corrected chi connectivity index (χ0v) is 12.1. The van der Waals surface area contributed by atoms with E-state index in [9.17, 15) is 9.59 Å². The lowest BCUT2D eigenvalue weighted by Gasteiger charge is -2.18. The van der Waals surface area contributed by atoms with E-state index in [4.69, 9.17) is 4.74 Å². The SMILES string of the molecule is CCOc1ncccc1C(=O)N(C)CCCC(=O)OC. The molecule has 0 aromatic carbocycles. The van der Waals surface area contributed by atoms with Crippen molar-refractivity contribution in [3.8, 4) is 5.88 Å². The molecule has 0 spiro atoms. The van der Waals surface area contributed by atoms with Crippen LogP contribution in [-0.2, 0) is 9.53 Å². The molecule has 1 amide bonds. The molecule has 0 N–H and O–H groups in total. The van der Waals surface area contributed by atoms with Crippen LogP contribution >= 0.6 is 0 Å². The van der Waals surface area contributed by atoms with Crippen LogP contribution in [0.25, 0.3) is 0 Å². The van der Waals surface area contributed by atoms with Gasteiger partial charge in [0.2, 0.25) is 5.88 Å². The molecule has 0 bridgehead atoms. The number of ether oxygens (including phenoxy) is 2. The van der Waals surface area contributed by atoms with Gasteiger partial charge in [0.15, 0.2) is 0 Å². The predicted molar refractivity (Wildman–Crippen MR) is 73.6 cm³/mol. The van der Waals surface area contributed by atoms with Crippen molar-refractivity contribution in [2.75, 3.05) is 27.3 Å². The topological polar surface area (TPSA) is 68.7 Å². The number of hydrogen-bond acceptors (Lipinski definition) is 5. The second kappa shape index (κ2) is 8.14. The van der Waals surface area contributed by atoms with Crippen molar-refractivity contribution in [1.82, 2.24) is 9.88 Å². The summed E-state index contributed by atoms with van der Waals surface area (Å²) in [5, 5.41) is 0. The molecule has 0 aliphatic heterocycles. The van der Waals surface area contributed by atoms with Crippen molar-refractivity contribution in [2.24, 2.45) is 0 Å². The maximum atomic E-state index is 12.3. The minimum absolute atomic E-state index is 0.175. The molecule has 6 heteroatoms. The summed E-state index contributed by atoms with van der Waals surface area (Å²) in [7, 11) is 3.03. The molecule has 1 heterocycles. The van der Waals surface area contributed by atoms with E-state index in [2.05, 4.69) is 9.72 Å². The minimum atomic E-state index is -0.276. The van der Waals surface area contributed by atoms with Crippen LogP contribution in [0.3, 0.4) is 0 Å².